The average Bonchev–Trinajstić information content (AvgIpc) is 2.47. The van der Waals surface area contributed by atoms with Gasteiger partial charge in [-0.1, -0.05) is 6.42 Å². The van der Waals surface area contributed by atoms with Crippen molar-refractivity contribution in [1.82, 2.24) is 19.4 Å². The molecule has 1 aromatic rings. The summed E-state index contributed by atoms with van der Waals surface area (Å²) in [6.07, 6.45) is 4.05. The van der Waals surface area contributed by atoms with E-state index in [1.807, 2.05) is 11.9 Å². The van der Waals surface area contributed by atoms with Crippen LogP contribution in [0, 0.1) is 5.41 Å². The molecule has 1 saturated carbocycles. The molecule has 0 aromatic carbocycles. The monoisotopic (exact) mass is 264 g/mol. The highest BCUT2D eigenvalue weighted by Gasteiger charge is 2.48. The first-order chi connectivity index (χ1) is 8.74. The molecule has 1 N–H and O–H groups in total. The SMILES string of the molecule is Cn1nc(C2CCC2)cc1SN1CC2(CNC2)C1. The van der Waals surface area contributed by atoms with Gasteiger partial charge >= 0.3 is 0 Å². The third kappa shape index (κ3) is 1.72. The van der Waals surface area contributed by atoms with E-state index in [0.29, 0.717) is 5.41 Å². The Morgan fingerprint density at radius 1 is 1.39 bits per heavy atom. The fourth-order valence-electron chi connectivity index (χ4n) is 3.06. The minimum atomic E-state index is 0.613. The molecule has 3 fully saturated rings. The van der Waals surface area contributed by atoms with Crippen LogP contribution in [0.2, 0.25) is 0 Å². The summed E-state index contributed by atoms with van der Waals surface area (Å²) in [6.45, 7) is 4.88. The molecule has 3 heterocycles. The molecule has 3 aliphatic rings. The molecule has 1 aliphatic carbocycles. The van der Waals surface area contributed by atoms with Crippen LogP contribution in [0.1, 0.15) is 30.9 Å². The van der Waals surface area contributed by atoms with E-state index >= 15 is 0 Å². The lowest BCUT2D eigenvalue weighted by Crippen LogP contribution is -2.69. The van der Waals surface area contributed by atoms with E-state index in [-0.39, 0.29) is 0 Å². The van der Waals surface area contributed by atoms with Crippen molar-refractivity contribution in [3.63, 3.8) is 0 Å². The van der Waals surface area contributed by atoms with Gasteiger partial charge in [0.25, 0.3) is 0 Å². The Labute approximate surface area is 112 Å². The molecule has 4 rings (SSSR count). The third-order valence-corrected chi connectivity index (χ3v) is 5.71. The summed E-state index contributed by atoms with van der Waals surface area (Å²) < 4.78 is 4.53. The predicted molar refractivity (Wildman–Crippen MR) is 72.5 cm³/mol. The highest BCUT2D eigenvalue weighted by molar-refractivity contribution is 7.97. The lowest BCUT2D eigenvalue weighted by atomic mass is 9.76. The van der Waals surface area contributed by atoms with E-state index in [2.05, 4.69) is 32.5 Å². The quantitative estimate of drug-likeness (QED) is 0.841. The second kappa shape index (κ2) is 3.99. The van der Waals surface area contributed by atoms with Gasteiger partial charge in [0.2, 0.25) is 0 Å². The molecular formula is C13H20N4S. The van der Waals surface area contributed by atoms with Crippen LogP contribution in [-0.4, -0.2) is 40.3 Å². The molecule has 4 nitrogen and oxygen atoms in total. The van der Waals surface area contributed by atoms with E-state index in [4.69, 9.17) is 0 Å². The van der Waals surface area contributed by atoms with Gasteiger partial charge in [0.15, 0.2) is 0 Å². The molecule has 0 radical (unpaired) electrons. The summed E-state index contributed by atoms with van der Waals surface area (Å²) in [5.41, 5.74) is 1.93. The molecule has 5 heteroatoms. The van der Waals surface area contributed by atoms with Crippen LogP contribution in [0.5, 0.6) is 0 Å². The summed E-state index contributed by atoms with van der Waals surface area (Å²) in [4.78, 5) is 0. The van der Waals surface area contributed by atoms with Gasteiger partial charge in [-0.3, -0.25) is 4.68 Å². The van der Waals surface area contributed by atoms with Gasteiger partial charge < -0.3 is 5.32 Å². The van der Waals surface area contributed by atoms with Crippen molar-refractivity contribution in [1.29, 1.82) is 0 Å². The lowest BCUT2D eigenvalue weighted by Gasteiger charge is -2.55. The maximum Gasteiger partial charge on any atom is 0.109 e. The van der Waals surface area contributed by atoms with Crippen LogP contribution in [0.25, 0.3) is 0 Å². The summed E-state index contributed by atoms with van der Waals surface area (Å²) >= 11 is 1.89. The minimum Gasteiger partial charge on any atom is -0.315 e. The van der Waals surface area contributed by atoms with Gasteiger partial charge in [0.05, 0.1) is 5.69 Å². The van der Waals surface area contributed by atoms with E-state index in [0.717, 1.165) is 5.92 Å². The van der Waals surface area contributed by atoms with Gasteiger partial charge in [-0.05, 0) is 30.9 Å². The van der Waals surface area contributed by atoms with E-state index in [9.17, 15) is 0 Å². The van der Waals surface area contributed by atoms with Crippen LogP contribution < -0.4 is 5.32 Å². The fourth-order valence-corrected chi connectivity index (χ4v) is 4.33. The zero-order valence-corrected chi connectivity index (χ0v) is 11.7. The van der Waals surface area contributed by atoms with Crippen molar-refractivity contribution in [3.8, 4) is 0 Å². The Balaban J connectivity index is 1.40. The van der Waals surface area contributed by atoms with Crippen LogP contribution in [0.4, 0.5) is 0 Å². The second-order valence-electron chi connectivity index (χ2n) is 6.15. The van der Waals surface area contributed by atoms with Crippen molar-refractivity contribution < 1.29 is 0 Å². The number of hydrogen-bond donors (Lipinski definition) is 1. The number of aryl methyl sites for hydroxylation is 1. The van der Waals surface area contributed by atoms with Crippen molar-refractivity contribution in [2.45, 2.75) is 30.2 Å². The Kier molecular flexibility index (Phi) is 2.51. The molecule has 0 unspecified atom stereocenters. The molecule has 2 saturated heterocycles. The zero-order chi connectivity index (χ0) is 12.2. The third-order valence-electron chi connectivity index (χ3n) is 4.63. The lowest BCUT2D eigenvalue weighted by molar-refractivity contribution is 0.0234. The number of nitrogens with one attached hydrogen (secondary N) is 1. The topological polar surface area (TPSA) is 33.1 Å². The summed E-state index contributed by atoms with van der Waals surface area (Å²) in [5.74, 6) is 0.740. The minimum absolute atomic E-state index is 0.613. The first-order valence-electron chi connectivity index (χ1n) is 6.92. The Bertz CT molecular complexity index is 454. The number of aromatic nitrogens is 2. The largest absolute Gasteiger partial charge is 0.315 e. The molecule has 1 spiro atoms. The maximum absolute atomic E-state index is 4.67. The summed E-state index contributed by atoms with van der Waals surface area (Å²) in [7, 11) is 2.07. The van der Waals surface area contributed by atoms with E-state index in [1.165, 1.54) is 56.2 Å². The van der Waals surface area contributed by atoms with Gasteiger partial charge in [0, 0.05) is 44.6 Å². The smallest absolute Gasteiger partial charge is 0.109 e. The van der Waals surface area contributed by atoms with Gasteiger partial charge in [0.1, 0.15) is 5.03 Å². The highest BCUT2D eigenvalue weighted by Crippen LogP contribution is 2.42. The molecule has 1 aromatic heterocycles. The van der Waals surface area contributed by atoms with Crippen LogP contribution in [0.15, 0.2) is 11.1 Å². The Morgan fingerprint density at radius 3 is 2.72 bits per heavy atom. The normalized spacial score (nSPS) is 26.7. The van der Waals surface area contributed by atoms with Crippen LogP contribution in [-0.2, 0) is 7.05 Å². The zero-order valence-electron chi connectivity index (χ0n) is 10.9. The molecular weight excluding hydrogens is 244 g/mol. The van der Waals surface area contributed by atoms with Crippen molar-refractivity contribution in [2.24, 2.45) is 12.5 Å². The first-order valence-corrected chi connectivity index (χ1v) is 7.69. The van der Waals surface area contributed by atoms with Crippen molar-refractivity contribution in [2.75, 3.05) is 26.2 Å². The Hall–Kier alpha value is -0.520. The standard InChI is InChI=1S/C13H20N4S/c1-16-12(5-11(15-16)10-3-2-4-10)18-17-8-13(9-17)6-14-7-13/h5,10,14H,2-4,6-9H2,1H3. The van der Waals surface area contributed by atoms with Gasteiger partial charge in [-0.2, -0.15) is 5.10 Å². The van der Waals surface area contributed by atoms with Gasteiger partial charge in [-0.25, -0.2) is 4.31 Å². The number of hydrogen-bond acceptors (Lipinski definition) is 4. The predicted octanol–water partition coefficient (Wildman–Crippen LogP) is 1.60. The Morgan fingerprint density at radius 2 is 2.17 bits per heavy atom. The summed E-state index contributed by atoms with van der Waals surface area (Å²) in [5, 5.41) is 9.36. The number of rotatable bonds is 3. The van der Waals surface area contributed by atoms with Crippen molar-refractivity contribution in [3.05, 3.63) is 11.8 Å². The second-order valence-corrected chi connectivity index (χ2v) is 7.27. The van der Waals surface area contributed by atoms with Crippen LogP contribution >= 0.6 is 11.9 Å². The van der Waals surface area contributed by atoms with E-state index < -0.39 is 0 Å². The molecule has 0 amide bonds. The maximum atomic E-state index is 4.67. The average molecular weight is 264 g/mol. The molecule has 2 aliphatic heterocycles. The molecule has 0 atom stereocenters. The van der Waals surface area contributed by atoms with Crippen molar-refractivity contribution >= 4 is 11.9 Å². The summed E-state index contributed by atoms with van der Waals surface area (Å²) in [6, 6.07) is 2.30. The molecule has 98 valence electrons. The van der Waals surface area contributed by atoms with Gasteiger partial charge in [-0.15, -0.1) is 0 Å². The first kappa shape index (κ1) is 11.3. The van der Waals surface area contributed by atoms with E-state index in [1.54, 1.807) is 0 Å². The van der Waals surface area contributed by atoms with Crippen LogP contribution in [0.3, 0.4) is 0 Å². The number of nitrogens with zero attached hydrogens (tertiary/aromatic N) is 3. The molecule has 0 bridgehead atoms. The highest BCUT2D eigenvalue weighted by atomic mass is 32.2. The fraction of sp³-hybridized carbons (Fsp3) is 0.769. The molecule has 18 heavy (non-hydrogen) atoms.